The molecule has 28 heavy (non-hydrogen) atoms. The highest BCUT2D eigenvalue weighted by atomic mass is 35.5. The van der Waals surface area contributed by atoms with Crippen molar-refractivity contribution in [1.29, 1.82) is 0 Å². The predicted octanol–water partition coefficient (Wildman–Crippen LogP) is 3.53. The number of hydrogen-bond acceptors (Lipinski definition) is 8. The zero-order valence-corrected chi connectivity index (χ0v) is 18.6. The summed E-state index contributed by atoms with van der Waals surface area (Å²) in [5, 5.41) is 15.4. The Kier molecular flexibility index (Phi) is 12.9. The van der Waals surface area contributed by atoms with Crippen molar-refractivity contribution < 1.29 is 5.11 Å². The number of pyridine rings is 1. The Labute approximate surface area is 189 Å². The lowest BCUT2D eigenvalue weighted by molar-refractivity contribution is 0.453. The second kappa shape index (κ2) is 13.6. The number of nitrogens with one attached hydrogen (secondary N) is 2. The maximum atomic E-state index is 12.1. The van der Waals surface area contributed by atoms with E-state index in [1.807, 2.05) is 11.6 Å². The van der Waals surface area contributed by atoms with Crippen LogP contribution >= 0.6 is 60.3 Å². The molecule has 3 rings (SSSR count). The van der Waals surface area contributed by atoms with Crippen LogP contribution in [0.2, 0.25) is 0 Å². The second-order valence-electron chi connectivity index (χ2n) is 5.19. The molecule has 0 fully saturated rings. The topological polar surface area (TPSA) is 104 Å². The molecule has 0 saturated carbocycles. The van der Waals surface area contributed by atoms with Crippen molar-refractivity contribution in [3.63, 3.8) is 0 Å². The van der Waals surface area contributed by atoms with Crippen LogP contribution in [0.1, 0.15) is 16.1 Å². The molecule has 0 aromatic carbocycles. The maximum Gasteiger partial charge on any atom is 0.255 e. The van der Waals surface area contributed by atoms with Gasteiger partial charge in [0.15, 0.2) is 0 Å². The van der Waals surface area contributed by atoms with Gasteiger partial charge in [0.25, 0.3) is 5.56 Å². The van der Waals surface area contributed by atoms with E-state index in [2.05, 4.69) is 25.3 Å². The van der Waals surface area contributed by atoms with Crippen LogP contribution in [0.5, 0.6) is 5.88 Å². The van der Waals surface area contributed by atoms with Crippen LogP contribution in [0.4, 0.5) is 5.95 Å². The highest BCUT2D eigenvalue weighted by Crippen LogP contribution is 2.14. The summed E-state index contributed by atoms with van der Waals surface area (Å²) in [5.74, 6) is 2.21. The fraction of sp³-hybridized carbons (Fsp3) is 0.250. The number of aromatic nitrogens is 4. The number of H-pyrrole nitrogens is 1. The number of rotatable bonds is 8. The molecular formula is C16H20Cl3N5O2S2. The van der Waals surface area contributed by atoms with Crippen LogP contribution in [0.3, 0.4) is 0 Å². The Morgan fingerprint density at radius 1 is 1.14 bits per heavy atom. The van der Waals surface area contributed by atoms with Gasteiger partial charge in [-0.15, -0.1) is 48.6 Å². The van der Waals surface area contributed by atoms with Gasteiger partial charge in [0.2, 0.25) is 11.8 Å². The lowest BCUT2D eigenvalue weighted by Gasteiger charge is -2.06. The summed E-state index contributed by atoms with van der Waals surface area (Å²) in [6.45, 7) is 0.709. The predicted molar refractivity (Wildman–Crippen MR) is 122 cm³/mol. The first-order valence-corrected chi connectivity index (χ1v) is 9.66. The van der Waals surface area contributed by atoms with Crippen molar-refractivity contribution in [3.05, 3.63) is 62.6 Å². The molecule has 0 spiro atoms. The van der Waals surface area contributed by atoms with Gasteiger partial charge >= 0.3 is 0 Å². The van der Waals surface area contributed by atoms with Crippen LogP contribution < -0.4 is 10.9 Å². The summed E-state index contributed by atoms with van der Waals surface area (Å²) in [6, 6.07) is 3.23. The van der Waals surface area contributed by atoms with Crippen molar-refractivity contribution in [2.24, 2.45) is 0 Å². The van der Waals surface area contributed by atoms with Gasteiger partial charge in [0, 0.05) is 60.1 Å². The molecule has 154 valence electrons. The minimum absolute atomic E-state index is 0. The number of aromatic hydroxyl groups is 1. The molecule has 0 bridgehead atoms. The summed E-state index contributed by atoms with van der Waals surface area (Å²) in [4.78, 5) is 27.2. The van der Waals surface area contributed by atoms with Gasteiger partial charge in [-0.1, -0.05) is 6.07 Å². The summed E-state index contributed by atoms with van der Waals surface area (Å²) in [7, 11) is 0. The van der Waals surface area contributed by atoms with Gasteiger partial charge in [-0.25, -0.2) is 15.0 Å². The number of anilines is 1. The monoisotopic (exact) mass is 483 g/mol. The molecule has 0 saturated heterocycles. The van der Waals surface area contributed by atoms with Crippen LogP contribution in [-0.2, 0) is 12.2 Å². The van der Waals surface area contributed by atoms with E-state index in [9.17, 15) is 9.90 Å². The van der Waals surface area contributed by atoms with Gasteiger partial charge in [-0.3, -0.25) is 9.78 Å². The van der Waals surface area contributed by atoms with Crippen LogP contribution in [0.15, 0.2) is 40.9 Å². The maximum absolute atomic E-state index is 12.1. The van der Waals surface area contributed by atoms with Gasteiger partial charge in [0.05, 0.1) is 0 Å². The lowest BCUT2D eigenvalue weighted by atomic mass is 10.1. The quantitative estimate of drug-likeness (QED) is 0.420. The molecule has 0 radical (unpaired) electrons. The summed E-state index contributed by atoms with van der Waals surface area (Å²) >= 11 is 3.43. The van der Waals surface area contributed by atoms with Gasteiger partial charge in [0.1, 0.15) is 5.01 Å². The molecular weight excluding hydrogens is 465 g/mol. The first kappa shape index (κ1) is 26.5. The molecule has 12 heteroatoms. The molecule has 0 unspecified atom stereocenters. The molecule has 3 aromatic rings. The van der Waals surface area contributed by atoms with Crippen LogP contribution in [0, 0.1) is 0 Å². The number of thiazole rings is 1. The van der Waals surface area contributed by atoms with E-state index in [1.165, 1.54) is 6.07 Å². The van der Waals surface area contributed by atoms with E-state index in [0.29, 0.717) is 24.5 Å². The minimum atomic E-state index is -0.180. The number of thioether (sulfide) groups is 1. The SMILES string of the molecule is Cl.Cl.Cl.O=c1[nH]c(NCCSCc2nccs2)ncc1Cc1ccc(O)nc1. The van der Waals surface area contributed by atoms with E-state index in [4.69, 9.17) is 0 Å². The highest BCUT2D eigenvalue weighted by Gasteiger charge is 2.05. The Morgan fingerprint density at radius 2 is 1.96 bits per heavy atom. The zero-order valence-electron chi connectivity index (χ0n) is 14.5. The van der Waals surface area contributed by atoms with Crippen molar-refractivity contribution in [2.45, 2.75) is 12.2 Å². The van der Waals surface area contributed by atoms with E-state index >= 15 is 0 Å². The summed E-state index contributed by atoms with van der Waals surface area (Å²) in [5.41, 5.74) is 1.21. The number of halogens is 3. The van der Waals surface area contributed by atoms with Crippen LogP contribution in [-0.4, -0.2) is 37.3 Å². The molecule has 3 N–H and O–H groups in total. The van der Waals surface area contributed by atoms with E-state index in [1.54, 1.807) is 41.6 Å². The van der Waals surface area contributed by atoms with Gasteiger partial charge in [-0.05, 0) is 5.56 Å². The fourth-order valence-corrected chi connectivity index (χ4v) is 3.67. The Bertz CT molecular complexity index is 863. The Balaban J connectivity index is 0.00000243. The van der Waals surface area contributed by atoms with Crippen molar-refractivity contribution in [1.82, 2.24) is 19.9 Å². The number of aromatic amines is 1. The molecule has 0 aliphatic heterocycles. The smallest absolute Gasteiger partial charge is 0.255 e. The lowest BCUT2D eigenvalue weighted by Crippen LogP contribution is -2.18. The van der Waals surface area contributed by atoms with Crippen molar-refractivity contribution in [3.8, 4) is 5.88 Å². The third-order valence-electron chi connectivity index (χ3n) is 3.32. The van der Waals surface area contributed by atoms with E-state index in [0.717, 1.165) is 22.1 Å². The Morgan fingerprint density at radius 3 is 2.61 bits per heavy atom. The van der Waals surface area contributed by atoms with Gasteiger partial charge in [-0.2, -0.15) is 11.8 Å². The molecule has 0 atom stereocenters. The normalized spacial score (nSPS) is 9.57. The van der Waals surface area contributed by atoms with Crippen molar-refractivity contribution >= 4 is 66.3 Å². The third-order valence-corrected chi connectivity index (χ3v) is 5.26. The standard InChI is InChI=1S/C16H17N5O2S2.3ClH/c22-13-2-1-11(8-19-13)7-12-9-20-16(21-15(12)23)18-3-5-24-10-14-17-4-6-25-14;;;/h1-2,4,6,8-9H,3,5,7,10H2,(H,19,22)(H2,18,20,21,23);3*1H. The third kappa shape index (κ3) is 8.24. The molecule has 3 heterocycles. The molecule has 0 aliphatic rings. The Hall–Kier alpha value is -1.52. The first-order chi connectivity index (χ1) is 12.2. The summed E-state index contributed by atoms with van der Waals surface area (Å²) < 4.78 is 0. The second-order valence-corrected chi connectivity index (χ2v) is 7.28. The average molecular weight is 485 g/mol. The minimum Gasteiger partial charge on any atom is -0.493 e. The fourth-order valence-electron chi connectivity index (χ4n) is 2.10. The summed E-state index contributed by atoms with van der Waals surface area (Å²) in [6.07, 6.45) is 5.33. The molecule has 0 amide bonds. The molecule has 3 aromatic heterocycles. The number of hydrogen-bond donors (Lipinski definition) is 3. The largest absolute Gasteiger partial charge is 0.493 e. The highest BCUT2D eigenvalue weighted by molar-refractivity contribution is 7.98. The van der Waals surface area contributed by atoms with Gasteiger partial charge < -0.3 is 10.4 Å². The molecule has 0 aliphatic carbocycles. The average Bonchev–Trinajstić information content (AvgIpc) is 3.12. The number of nitrogens with zero attached hydrogens (tertiary/aromatic N) is 3. The first-order valence-electron chi connectivity index (χ1n) is 7.63. The van der Waals surface area contributed by atoms with E-state index < -0.39 is 0 Å². The molecule has 7 nitrogen and oxygen atoms in total. The van der Waals surface area contributed by atoms with E-state index in [-0.39, 0.29) is 48.7 Å². The van der Waals surface area contributed by atoms with Crippen LogP contribution in [0.25, 0.3) is 0 Å². The zero-order chi connectivity index (χ0) is 17.5. The van der Waals surface area contributed by atoms with Crippen molar-refractivity contribution in [2.75, 3.05) is 17.6 Å².